The van der Waals surface area contributed by atoms with Crippen LogP contribution in [0.15, 0.2) is 42.5 Å². The molecule has 0 radical (unpaired) electrons. The van der Waals surface area contributed by atoms with E-state index in [4.69, 9.17) is 16.3 Å². The van der Waals surface area contributed by atoms with Gasteiger partial charge < -0.3 is 10.1 Å². The number of carbonyl (C=O) groups is 3. The van der Waals surface area contributed by atoms with E-state index >= 15 is 0 Å². The molecule has 3 rings (SSSR count). The van der Waals surface area contributed by atoms with E-state index in [0.29, 0.717) is 22.0 Å². The van der Waals surface area contributed by atoms with Crippen molar-refractivity contribution in [1.29, 1.82) is 0 Å². The van der Waals surface area contributed by atoms with Crippen molar-refractivity contribution in [3.05, 3.63) is 58.6 Å². The largest absolute Gasteiger partial charge is 0.497 e. The number of nitrogens with zero attached hydrogens (tertiary/aromatic N) is 1. The van der Waals surface area contributed by atoms with Gasteiger partial charge in [0.25, 0.3) is 11.8 Å². The highest BCUT2D eigenvalue weighted by molar-refractivity contribution is 6.32. The number of methoxy groups -OCH3 is 1. The van der Waals surface area contributed by atoms with Crippen molar-refractivity contribution in [2.45, 2.75) is 6.42 Å². The van der Waals surface area contributed by atoms with Crippen LogP contribution in [-0.4, -0.2) is 36.3 Å². The summed E-state index contributed by atoms with van der Waals surface area (Å²) in [7, 11) is 1.56. The molecule has 1 N–H and O–H groups in total. The molecule has 0 fully saturated rings. The van der Waals surface area contributed by atoms with Gasteiger partial charge in [-0.05, 0) is 42.5 Å². The maximum Gasteiger partial charge on any atom is 0.261 e. The van der Waals surface area contributed by atoms with Crippen LogP contribution >= 0.6 is 11.6 Å². The van der Waals surface area contributed by atoms with E-state index in [-0.39, 0.29) is 24.4 Å². The number of hydrogen-bond acceptors (Lipinski definition) is 4. The summed E-state index contributed by atoms with van der Waals surface area (Å²) in [6.07, 6.45) is 0.00519. The lowest BCUT2D eigenvalue weighted by molar-refractivity contribution is -0.116. The Morgan fingerprint density at radius 1 is 1.08 bits per heavy atom. The van der Waals surface area contributed by atoms with Gasteiger partial charge in [0.2, 0.25) is 5.91 Å². The van der Waals surface area contributed by atoms with Gasteiger partial charge in [0.05, 0.1) is 18.2 Å². The van der Waals surface area contributed by atoms with Gasteiger partial charge in [-0.25, -0.2) is 0 Å². The van der Waals surface area contributed by atoms with Crippen LogP contribution in [0.25, 0.3) is 0 Å². The number of imide groups is 1. The first-order valence-corrected chi connectivity index (χ1v) is 7.97. The van der Waals surface area contributed by atoms with Crippen LogP contribution in [0.1, 0.15) is 27.1 Å². The Labute approximate surface area is 149 Å². The minimum Gasteiger partial charge on any atom is -0.497 e. The van der Waals surface area contributed by atoms with Crippen LogP contribution in [0, 0.1) is 0 Å². The second kappa shape index (κ2) is 6.94. The number of rotatable bonds is 5. The molecule has 0 spiro atoms. The zero-order chi connectivity index (χ0) is 18.0. The van der Waals surface area contributed by atoms with Crippen molar-refractivity contribution in [2.75, 3.05) is 19.0 Å². The molecule has 1 aliphatic heterocycles. The second-order valence-electron chi connectivity index (χ2n) is 5.48. The summed E-state index contributed by atoms with van der Waals surface area (Å²) in [4.78, 5) is 37.7. The summed E-state index contributed by atoms with van der Waals surface area (Å²) in [6.45, 7) is 0.00591. The first kappa shape index (κ1) is 17.0. The van der Waals surface area contributed by atoms with Crippen LogP contribution in [-0.2, 0) is 4.79 Å². The SMILES string of the molecule is COc1ccc(NC(=O)CCN2C(=O)c3ccc(Cl)cc3C2=O)cc1. The molecule has 2 aromatic carbocycles. The fourth-order valence-electron chi connectivity index (χ4n) is 2.58. The molecule has 2 aromatic rings. The molecule has 128 valence electrons. The molecule has 7 heteroatoms. The highest BCUT2D eigenvalue weighted by atomic mass is 35.5. The summed E-state index contributed by atoms with van der Waals surface area (Å²) >= 11 is 5.87. The maximum absolute atomic E-state index is 12.3. The van der Waals surface area contributed by atoms with Crippen molar-refractivity contribution in [1.82, 2.24) is 4.90 Å². The number of nitrogens with one attached hydrogen (secondary N) is 1. The average molecular weight is 359 g/mol. The van der Waals surface area contributed by atoms with E-state index in [9.17, 15) is 14.4 Å². The third-order valence-corrected chi connectivity index (χ3v) is 4.10. The molecule has 3 amide bonds. The quantitative estimate of drug-likeness (QED) is 0.834. The number of benzene rings is 2. The van der Waals surface area contributed by atoms with Gasteiger partial charge in [-0.1, -0.05) is 11.6 Å². The van der Waals surface area contributed by atoms with E-state index in [1.807, 2.05) is 0 Å². The maximum atomic E-state index is 12.3. The summed E-state index contributed by atoms with van der Waals surface area (Å²) < 4.78 is 5.05. The van der Waals surface area contributed by atoms with Gasteiger partial charge in [-0.3, -0.25) is 19.3 Å². The molecule has 0 saturated heterocycles. The lowest BCUT2D eigenvalue weighted by atomic mass is 10.1. The Bertz CT molecular complexity index is 849. The third-order valence-electron chi connectivity index (χ3n) is 3.87. The molecular weight excluding hydrogens is 344 g/mol. The van der Waals surface area contributed by atoms with E-state index in [0.717, 1.165) is 4.90 Å². The molecule has 0 atom stereocenters. The van der Waals surface area contributed by atoms with Crippen LogP contribution < -0.4 is 10.1 Å². The molecule has 1 heterocycles. The van der Waals surface area contributed by atoms with E-state index < -0.39 is 11.8 Å². The summed E-state index contributed by atoms with van der Waals surface area (Å²) in [6, 6.07) is 11.4. The first-order valence-electron chi connectivity index (χ1n) is 7.59. The molecule has 0 aromatic heterocycles. The number of hydrogen-bond donors (Lipinski definition) is 1. The summed E-state index contributed by atoms with van der Waals surface area (Å²) in [5.41, 5.74) is 1.19. The molecule has 25 heavy (non-hydrogen) atoms. The lowest BCUT2D eigenvalue weighted by Gasteiger charge is -2.13. The standard InChI is InChI=1S/C18H15ClN2O4/c1-25-13-5-3-12(4-6-13)20-16(22)8-9-21-17(23)14-7-2-11(19)10-15(14)18(21)24/h2-7,10H,8-9H2,1H3,(H,20,22). The van der Waals surface area contributed by atoms with Gasteiger partial charge >= 0.3 is 0 Å². The predicted molar refractivity (Wildman–Crippen MR) is 93.1 cm³/mol. The molecule has 0 saturated carbocycles. The molecule has 0 aliphatic carbocycles. The van der Waals surface area contributed by atoms with Crippen LogP contribution in [0.5, 0.6) is 5.75 Å². The normalized spacial score (nSPS) is 13.0. The van der Waals surface area contributed by atoms with E-state index in [1.165, 1.54) is 12.1 Å². The number of ether oxygens (including phenoxy) is 1. The van der Waals surface area contributed by atoms with Crippen LogP contribution in [0.4, 0.5) is 5.69 Å². The molecule has 0 bridgehead atoms. The van der Waals surface area contributed by atoms with Crippen LogP contribution in [0.3, 0.4) is 0 Å². The van der Waals surface area contributed by atoms with Gasteiger partial charge in [0, 0.05) is 23.7 Å². The van der Waals surface area contributed by atoms with Crippen molar-refractivity contribution >= 4 is 35.0 Å². The number of amides is 3. The summed E-state index contributed by atoms with van der Waals surface area (Å²) in [5, 5.41) is 3.10. The minimum atomic E-state index is -0.431. The van der Waals surface area contributed by atoms with Gasteiger partial charge in [-0.2, -0.15) is 0 Å². The minimum absolute atomic E-state index is 0.00519. The zero-order valence-electron chi connectivity index (χ0n) is 13.4. The smallest absolute Gasteiger partial charge is 0.261 e. The number of fused-ring (bicyclic) bond motifs is 1. The highest BCUT2D eigenvalue weighted by Gasteiger charge is 2.35. The molecular formula is C18H15ClN2O4. The Morgan fingerprint density at radius 2 is 1.76 bits per heavy atom. The lowest BCUT2D eigenvalue weighted by Crippen LogP contribution is -2.32. The Morgan fingerprint density at radius 3 is 2.44 bits per heavy atom. The number of halogens is 1. The zero-order valence-corrected chi connectivity index (χ0v) is 14.2. The first-order chi connectivity index (χ1) is 12.0. The molecule has 0 unspecified atom stereocenters. The van der Waals surface area contributed by atoms with Gasteiger partial charge in [-0.15, -0.1) is 0 Å². The highest BCUT2D eigenvalue weighted by Crippen LogP contribution is 2.26. The molecule has 6 nitrogen and oxygen atoms in total. The van der Waals surface area contributed by atoms with E-state index in [2.05, 4.69) is 5.32 Å². The van der Waals surface area contributed by atoms with Crippen LogP contribution in [0.2, 0.25) is 5.02 Å². The van der Waals surface area contributed by atoms with Crippen molar-refractivity contribution < 1.29 is 19.1 Å². The van der Waals surface area contributed by atoms with Crippen molar-refractivity contribution in [3.8, 4) is 5.75 Å². The topological polar surface area (TPSA) is 75.7 Å². The van der Waals surface area contributed by atoms with Crippen molar-refractivity contribution in [2.24, 2.45) is 0 Å². The Balaban J connectivity index is 1.61. The molecule has 1 aliphatic rings. The monoisotopic (exact) mass is 358 g/mol. The predicted octanol–water partition coefficient (Wildman–Crippen LogP) is 2.97. The average Bonchev–Trinajstić information content (AvgIpc) is 2.84. The summed E-state index contributed by atoms with van der Waals surface area (Å²) in [5.74, 6) is -0.448. The fourth-order valence-corrected chi connectivity index (χ4v) is 2.75. The van der Waals surface area contributed by atoms with E-state index in [1.54, 1.807) is 37.4 Å². The van der Waals surface area contributed by atoms with Gasteiger partial charge in [0.1, 0.15) is 5.75 Å². The Kier molecular flexibility index (Phi) is 4.72. The van der Waals surface area contributed by atoms with Crippen molar-refractivity contribution in [3.63, 3.8) is 0 Å². The third kappa shape index (κ3) is 3.49. The number of carbonyl (C=O) groups excluding carboxylic acids is 3. The number of anilines is 1. The van der Waals surface area contributed by atoms with Gasteiger partial charge in [0.15, 0.2) is 0 Å². The Hall–Kier alpha value is -2.86. The second-order valence-corrected chi connectivity index (χ2v) is 5.91. The fraction of sp³-hybridized carbons (Fsp3) is 0.167.